The summed E-state index contributed by atoms with van der Waals surface area (Å²) in [6.07, 6.45) is 1.82. The van der Waals surface area contributed by atoms with Crippen molar-refractivity contribution in [2.75, 3.05) is 26.4 Å². The van der Waals surface area contributed by atoms with Gasteiger partial charge in [0.2, 0.25) is 18.6 Å². The average molecular weight is 418 g/mol. The number of rotatable bonds is 7. The van der Waals surface area contributed by atoms with E-state index in [-0.39, 0.29) is 30.4 Å². The molecule has 164 valence electrons. The minimum atomic E-state index is -0.652. The van der Waals surface area contributed by atoms with Crippen LogP contribution in [0, 0.1) is 11.8 Å². The Morgan fingerprint density at radius 3 is 2.50 bits per heavy atom. The quantitative estimate of drug-likeness (QED) is 0.707. The van der Waals surface area contributed by atoms with E-state index in [1.807, 2.05) is 25.7 Å². The summed E-state index contributed by atoms with van der Waals surface area (Å²) in [5.74, 6) is 1.02. The van der Waals surface area contributed by atoms with Crippen LogP contribution in [0.15, 0.2) is 18.2 Å². The van der Waals surface area contributed by atoms with Gasteiger partial charge in [-0.1, -0.05) is 20.8 Å². The van der Waals surface area contributed by atoms with Crippen LogP contribution in [-0.2, 0) is 9.59 Å². The molecule has 8 heteroatoms. The van der Waals surface area contributed by atoms with Gasteiger partial charge in [-0.05, 0) is 42.9 Å². The van der Waals surface area contributed by atoms with E-state index in [1.54, 1.807) is 18.2 Å². The van der Waals surface area contributed by atoms with Crippen LogP contribution in [0.4, 0.5) is 0 Å². The molecule has 8 nitrogen and oxygen atoms in total. The summed E-state index contributed by atoms with van der Waals surface area (Å²) in [4.78, 5) is 39.6. The summed E-state index contributed by atoms with van der Waals surface area (Å²) in [5.41, 5.74) is 0.416. The highest BCUT2D eigenvalue weighted by Crippen LogP contribution is 2.32. The molecule has 1 aromatic carbocycles. The predicted octanol–water partition coefficient (Wildman–Crippen LogP) is 1.93. The van der Waals surface area contributed by atoms with Crippen LogP contribution in [0.5, 0.6) is 11.5 Å². The second kappa shape index (κ2) is 9.82. The van der Waals surface area contributed by atoms with Crippen molar-refractivity contribution in [3.63, 3.8) is 0 Å². The number of carbonyl (C=O) groups is 3. The van der Waals surface area contributed by atoms with Gasteiger partial charge in [0, 0.05) is 31.6 Å². The van der Waals surface area contributed by atoms with Gasteiger partial charge in [0.15, 0.2) is 11.5 Å². The summed E-state index contributed by atoms with van der Waals surface area (Å²) >= 11 is 0. The lowest BCUT2D eigenvalue weighted by Crippen LogP contribution is -2.54. The van der Waals surface area contributed by atoms with Crippen molar-refractivity contribution in [3.05, 3.63) is 23.8 Å². The number of nitrogens with one attached hydrogen (secondary N) is 2. The van der Waals surface area contributed by atoms with E-state index in [2.05, 4.69) is 10.6 Å². The SMILES string of the molecule is CCC(=O)N1CCC([C@H](NC(=O)c2ccc3c(c2)OCO3)C(=O)NCC(C)C)CC1. The number of likely N-dealkylation sites (tertiary alicyclic amines) is 1. The maximum Gasteiger partial charge on any atom is 0.252 e. The second-order valence-electron chi connectivity index (χ2n) is 8.23. The number of amides is 3. The normalized spacial score (nSPS) is 17.0. The number of carbonyl (C=O) groups excluding carboxylic acids is 3. The lowest BCUT2D eigenvalue weighted by molar-refractivity contribution is -0.132. The summed E-state index contributed by atoms with van der Waals surface area (Å²) < 4.78 is 10.6. The van der Waals surface area contributed by atoms with Crippen molar-refractivity contribution >= 4 is 17.7 Å². The molecule has 2 heterocycles. The van der Waals surface area contributed by atoms with Crippen LogP contribution >= 0.6 is 0 Å². The van der Waals surface area contributed by atoms with Gasteiger partial charge < -0.3 is 25.0 Å². The molecule has 1 atom stereocenters. The topological polar surface area (TPSA) is 97.0 Å². The fraction of sp³-hybridized carbons (Fsp3) is 0.591. The largest absolute Gasteiger partial charge is 0.454 e. The number of ether oxygens (including phenoxy) is 2. The Bertz CT molecular complexity index is 787. The molecule has 1 saturated heterocycles. The molecule has 3 rings (SSSR count). The van der Waals surface area contributed by atoms with E-state index < -0.39 is 6.04 Å². The minimum absolute atomic E-state index is 0.0315. The molecule has 2 aliphatic heterocycles. The molecule has 1 fully saturated rings. The first kappa shape index (κ1) is 21.9. The Morgan fingerprint density at radius 1 is 1.13 bits per heavy atom. The van der Waals surface area contributed by atoms with Gasteiger partial charge in [0.1, 0.15) is 6.04 Å². The van der Waals surface area contributed by atoms with Crippen LogP contribution < -0.4 is 20.1 Å². The molecular weight excluding hydrogens is 386 g/mol. The van der Waals surface area contributed by atoms with Crippen molar-refractivity contribution in [3.8, 4) is 11.5 Å². The maximum absolute atomic E-state index is 12.9. The molecule has 0 aliphatic carbocycles. The third-order valence-corrected chi connectivity index (χ3v) is 5.55. The zero-order valence-corrected chi connectivity index (χ0v) is 17.9. The van der Waals surface area contributed by atoms with E-state index in [1.165, 1.54) is 0 Å². The molecule has 0 unspecified atom stereocenters. The zero-order chi connectivity index (χ0) is 21.7. The summed E-state index contributed by atoms with van der Waals surface area (Å²) in [5, 5.41) is 5.87. The summed E-state index contributed by atoms with van der Waals surface area (Å²) in [6, 6.07) is 4.33. The highest BCUT2D eigenvalue weighted by atomic mass is 16.7. The van der Waals surface area contributed by atoms with E-state index in [4.69, 9.17) is 9.47 Å². The fourth-order valence-corrected chi connectivity index (χ4v) is 3.78. The van der Waals surface area contributed by atoms with Crippen LogP contribution in [0.25, 0.3) is 0 Å². The molecule has 3 amide bonds. The van der Waals surface area contributed by atoms with E-state index in [9.17, 15) is 14.4 Å². The van der Waals surface area contributed by atoms with Crippen molar-refractivity contribution in [1.82, 2.24) is 15.5 Å². The predicted molar refractivity (Wildman–Crippen MR) is 111 cm³/mol. The highest BCUT2D eigenvalue weighted by molar-refractivity contribution is 5.98. The van der Waals surface area contributed by atoms with Gasteiger partial charge in [-0.15, -0.1) is 0 Å². The van der Waals surface area contributed by atoms with Gasteiger partial charge in [0.25, 0.3) is 5.91 Å². The Morgan fingerprint density at radius 2 is 1.83 bits per heavy atom. The fourth-order valence-electron chi connectivity index (χ4n) is 3.78. The molecule has 0 saturated carbocycles. The van der Waals surface area contributed by atoms with E-state index in [0.29, 0.717) is 61.9 Å². The number of piperidine rings is 1. The van der Waals surface area contributed by atoms with Gasteiger partial charge in [-0.2, -0.15) is 0 Å². The van der Waals surface area contributed by atoms with Crippen molar-refractivity contribution in [1.29, 1.82) is 0 Å². The summed E-state index contributed by atoms with van der Waals surface area (Å²) in [6.45, 7) is 7.78. The third kappa shape index (κ3) is 5.23. The lowest BCUT2D eigenvalue weighted by Gasteiger charge is -2.35. The molecular formula is C22H31N3O5. The molecule has 2 N–H and O–H groups in total. The number of fused-ring (bicyclic) bond motifs is 1. The van der Waals surface area contributed by atoms with Crippen molar-refractivity contribution < 1.29 is 23.9 Å². The molecule has 0 bridgehead atoms. The van der Waals surface area contributed by atoms with Crippen molar-refractivity contribution in [2.45, 2.75) is 46.1 Å². The first-order valence-electron chi connectivity index (χ1n) is 10.6. The van der Waals surface area contributed by atoms with Crippen LogP contribution in [0.2, 0.25) is 0 Å². The smallest absolute Gasteiger partial charge is 0.252 e. The standard InChI is InChI=1S/C22H31N3O5/c1-4-19(26)25-9-7-15(8-10-25)20(22(28)23-12-14(2)3)24-21(27)16-5-6-17-18(11-16)30-13-29-17/h5-6,11,14-15,20H,4,7-10,12-13H2,1-3H3,(H,23,28)(H,24,27)/t20-/m0/s1. The highest BCUT2D eigenvalue weighted by Gasteiger charge is 2.34. The van der Waals surface area contributed by atoms with E-state index in [0.717, 1.165) is 0 Å². The molecule has 1 aromatic rings. The van der Waals surface area contributed by atoms with Crippen LogP contribution in [0.1, 0.15) is 50.4 Å². The van der Waals surface area contributed by atoms with Gasteiger partial charge in [-0.25, -0.2) is 0 Å². The monoisotopic (exact) mass is 417 g/mol. The third-order valence-electron chi connectivity index (χ3n) is 5.55. The Hall–Kier alpha value is -2.77. The maximum atomic E-state index is 12.9. The number of hydrogen-bond acceptors (Lipinski definition) is 5. The molecule has 0 radical (unpaired) electrons. The number of nitrogens with zero attached hydrogens (tertiary/aromatic N) is 1. The first-order valence-corrected chi connectivity index (χ1v) is 10.6. The second-order valence-corrected chi connectivity index (χ2v) is 8.23. The Kier molecular flexibility index (Phi) is 7.18. The van der Waals surface area contributed by atoms with Crippen LogP contribution in [-0.4, -0.2) is 55.1 Å². The number of hydrogen-bond donors (Lipinski definition) is 2. The summed E-state index contributed by atoms with van der Waals surface area (Å²) in [7, 11) is 0. The van der Waals surface area contributed by atoms with Crippen molar-refractivity contribution in [2.24, 2.45) is 11.8 Å². The van der Waals surface area contributed by atoms with Gasteiger partial charge in [0.05, 0.1) is 0 Å². The number of benzene rings is 1. The first-order chi connectivity index (χ1) is 14.4. The van der Waals surface area contributed by atoms with Gasteiger partial charge in [-0.3, -0.25) is 14.4 Å². The van der Waals surface area contributed by atoms with Gasteiger partial charge >= 0.3 is 0 Å². The molecule has 0 aromatic heterocycles. The minimum Gasteiger partial charge on any atom is -0.454 e. The Balaban J connectivity index is 1.70. The lowest BCUT2D eigenvalue weighted by atomic mass is 9.88. The molecule has 30 heavy (non-hydrogen) atoms. The zero-order valence-electron chi connectivity index (χ0n) is 17.9. The molecule has 2 aliphatic rings. The molecule has 0 spiro atoms. The van der Waals surface area contributed by atoms with Crippen LogP contribution in [0.3, 0.4) is 0 Å². The van der Waals surface area contributed by atoms with E-state index >= 15 is 0 Å². The Labute approximate surface area is 177 Å². The average Bonchev–Trinajstić information content (AvgIpc) is 3.23.